The first-order chi connectivity index (χ1) is 3.79. The van der Waals surface area contributed by atoms with E-state index in [-0.39, 0.29) is 6.04 Å². The Morgan fingerprint density at radius 3 is 2.88 bits per heavy atom. The average Bonchev–Trinajstić information content (AvgIpc) is 1.77. The van der Waals surface area contributed by atoms with Gasteiger partial charge < -0.3 is 5.73 Å². The van der Waals surface area contributed by atoms with Gasteiger partial charge in [0.25, 0.3) is 0 Å². The molecular weight excluding hydrogens is 122 g/mol. The summed E-state index contributed by atoms with van der Waals surface area (Å²) in [5.41, 5.74) is 5.51. The van der Waals surface area contributed by atoms with Crippen molar-refractivity contribution in [2.45, 2.75) is 12.5 Å². The quantitative estimate of drug-likeness (QED) is 0.526. The summed E-state index contributed by atoms with van der Waals surface area (Å²) in [5, 5.41) is 0.798. The maximum atomic E-state index is 5.60. The van der Waals surface area contributed by atoms with Crippen LogP contribution in [0.4, 0.5) is 0 Å². The van der Waals surface area contributed by atoms with Crippen molar-refractivity contribution >= 4 is 11.6 Å². The molecule has 0 aromatic carbocycles. The zero-order chi connectivity index (χ0) is 5.98. The van der Waals surface area contributed by atoms with Crippen LogP contribution in [0.15, 0.2) is 23.3 Å². The maximum Gasteiger partial charge on any atom is 0.0364 e. The molecule has 0 heterocycles. The molecule has 0 saturated carbocycles. The summed E-state index contributed by atoms with van der Waals surface area (Å²) >= 11 is 5.60. The monoisotopic (exact) mass is 129 g/mol. The predicted octanol–water partition coefficient (Wildman–Crippen LogP) is 1.40. The zero-order valence-electron chi connectivity index (χ0n) is 4.47. The van der Waals surface area contributed by atoms with E-state index in [0.717, 1.165) is 11.5 Å². The molecule has 0 aliphatic heterocycles. The van der Waals surface area contributed by atoms with Gasteiger partial charge in [-0.3, -0.25) is 0 Å². The summed E-state index contributed by atoms with van der Waals surface area (Å²) in [6.07, 6.45) is 6.53. The van der Waals surface area contributed by atoms with Gasteiger partial charge in [-0.2, -0.15) is 0 Å². The van der Waals surface area contributed by atoms with Crippen molar-refractivity contribution in [3.8, 4) is 0 Å². The minimum atomic E-state index is 0.178. The van der Waals surface area contributed by atoms with E-state index in [2.05, 4.69) is 0 Å². The van der Waals surface area contributed by atoms with E-state index in [1.54, 1.807) is 0 Å². The fourth-order valence-corrected chi connectivity index (χ4v) is 0.773. The van der Waals surface area contributed by atoms with Gasteiger partial charge in [-0.15, -0.1) is 0 Å². The van der Waals surface area contributed by atoms with E-state index in [1.807, 2.05) is 18.2 Å². The van der Waals surface area contributed by atoms with Crippen LogP contribution >= 0.6 is 11.6 Å². The number of allylic oxidation sites excluding steroid dienone is 2. The molecule has 0 aromatic rings. The number of nitrogens with two attached hydrogens (primary N) is 1. The van der Waals surface area contributed by atoms with Crippen LogP contribution in [0.5, 0.6) is 0 Å². The molecule has 0 saturated heterocycles. The molecule has 0 aromatic heterocycles. The molecule has 1 aliphatic carbocycles. The summed E-state index contributed by atoms with van der Waals surface area (Å²) in [4.78, 5) is 0. The number of hydrogen-bond acceptors (Lipinski definition) is 1. The Hall–Kier alpha value is -0.270. The first kappa shape index (κ1) is 5.86. The summed E-state index contributed by atoms with van der Waals surface area (Å²) in [5.74, 6) is 0. The first-order valence-corrected chi connectivity index (χ1v) is 2.96. The molecule has 0 unspecified atom stereocenters. The third-order valence-electron chi connectivity index (χ3n) is 1.09. The van der Waals surface area contributed by atoms with Crippen molar-refractivity contribution in [1.82, 2.24) is 0 Å². The van der Waals surface area contributed by atoms with Crippen LogP contribution in [-0.2, 0) is 0 Å². The van der Waals surface area contributed by atoms with E-state index >= 15 is 0 Å². The fraction of sp³-hybridized carbons (Fsp3) is 0.333. The Morgan fingerprint density at radius 2 is 2.50 bits per heavy atom. The van der Waals surface area contributed by atoms with Crippen LogP contribution in [-0.4, -0.2) is 6.04 Å². The van der Waals surface area contributed by atoms with E-state index in [0.29, 0.717) is 0 Å². The third kappa shape index (κ3) is 1.35. The number of rotatable bonds is 0. The minimum Gasteiger partial charge on any atom is -0.324 e. The maximum absolute atomic E-state index is 5.60. The predicted molar refractivity (Wildman–Crippen MR) is 35.7 cm³/mol. The molecule has 0 radical (unpaired) electrons. The molecule has 1 rings (SSSR count). The van der Waals surface area contributed by atoms with Crippen molar-refractivity contribution in [2.24, 2.45) is 5.73 Å². The van der Waals surface area contributed by atoms with Crippen LogP contribution < -0.4 is 5.73 Å². The van der Waals surface area contributed by atoms with Gasteiger partial charge in [-0.1, -0.05) is 23.8 Å². The second-order valence-electron chi connectivity index (χ2n) is 1.85. The van der Waals surface area contributed by atoms with E-state index < -0.39 is 0 Å². The SMILES string of the molecule is N[C@@H]1C=CC(Cl)=CC1. The number of hydrogen-bond donors (Lipinski definition) is 1. The average molecular weight is 130 g/mol. The highest BCUT2D eigenvalue weighted by Gasteiger charge is 1.99. The van der Waals surface area contributed by atoms with Gasteiger partial charge in [0.2, 0.25) is 0 Å². The lowest BCUT2D eigenvalue weighted by molar-refractivity contribution is 0.824. The van der Waals surface area contributed by atoms with Gasteiger partial charge in [-0.25, -0.2) is 0 Å². The number of halogens is 1. The Morgan fingerprint density at radius 1 is 1.75 bits per heavy atom. The molecular formula is C6H8ClN. The van der Waals surface area contributed by atoms with E-state index in [9.17, 15) is 0 Å². The standard InChI is InChI=1S/C6H8ClN/c7-5-1-3-6(8)4-2-5/h1-3,6H,4,8H2/t6-/m1/s1. The first-order valence-electron chi connectivity index (χ1n) is 2.58. The largest absolute Gasteiger partial charge is 0.324 e. The molecule has 0 fully saturated rings. The molecule has 2 heteroatoms. The van der Waals surface area contributed by atoms with Crippen LogP contribution in [0.3, 0.4) is 0 Å². The van der Waals surface area contributed by atoms with Gasteiger partial charge >= 0.3 is 0 Å². The second kappa shape index (κ2) is 2.33. The van der Waals surface area contributed by atoms with Crippen LogP contribution in [0.1, 0.15) is 6.42 Å². The van der Waals surface area contributed by atoms with Crippen molar-refractivity contribution < 1.29 is 0 Å². The molecule has 0 bridgehead atoms. The molecule has 1 nitrogen and oxygen atoms in total. The third-order valence-corrected chi connectivity index (χ3v) is 1.37. The highest BCUT2D eigenvalue weighted by molar-refractivity contribution is 6.31. The molecule has 44 valence electrons. The molecule has 1 aliphatic rings. The topological polar surface area (TPSA) is 26.0 Å². The summed E-state index contributed by atoms with van der Waals surface area (Å²) in [6.45, 7) is 0. The van der Waals surface area contributed by atoms with Crippen LogP contribution in [0, 0.1) is 0 Å². The van der Waals surface area contributed by atoms with Crippen molar-refractivity contribution in [3.63, 3.8) is 0 Å². The molecule has 0 amide bonds. The Bertz CT molecular complexity index is 137. The second-order valence-corrected chi connectivity index (χ2v) is 2.28. The summed E-state index contributed by atoms with van der Waals surface area (Å²) < 4.78 is 0. The van der Waals surface area contributed by atoms with Crippen molar-refractivity contribution in [2.75, 3.05) is 0 Å². The van der Waals surface area contributed by atoms with Crippen LogP contribution in [0.25, 0.3) is 0 Å². The summed E-state index contributed by atoms with van der Waals surface area (Å²) in [6, 6.07) is 0.178. The Balaban J connectivity index is 2.58. The molecule has 8 heavy (non-hydrogen) atoms. The van der Waals surface area contributed by atoms with E-state index in [1.165, 1.54) is 0 Å². The molecule has 2 N–H and O–H groups in total. The smallest absolute Gasteiger partial charge is 0.0364 e. The lowest BCUT2D eigenvalue weighted by Gasteiger charge is -2.05. The normalized spacial score (nSPS) is 27.8. The van der Waals surface area contributed by atoms with Crippen molar-refractivity contribution in [3.05, 3.63) is 23.3 Å². The highest BCUT2D eigenvalue weighted by atomic mass is 35.5. The lowest BCUT2D eigenvalue weighted by atomic mass is 10.1. The Labute approximate surface area is 53.8 Å². The van der Waals surface area contributed by atoms with Gasteiger partial charge in [0, 0.05) is 11.1 Å². The van der Waals surface area contributed by atoms with E-state index in [4.69, 9.17) is 17.3 Å². The summed E-state index contributed by atoms with van der Waals surface area (Å²) in [7, 11) is 0. The lowest BCUT2D eigenvalue weighted by Crippen LogP contribution is -2.16. The fourth-order valence-electron chi connectivity index (χ4n) is 0.611. The van der Waals surface area contributed by atoms with Crippen molar-refractivity contribution in [1.29, 1.82) is 0 Å². The van der Waals surface area contributed by atoms with Gasteiger partial charge in [-0.05, 0) is 12.5 Å². The van der Waals surface area contributed by atoms with Gasteiger partial charge in [0.15, 0.2) is 0 Å². The van der Waals surface area contributed by atoms with Gasteiger partial charge in [0.05, 0.1) is 0 Å². The highest BCUT2D eigenvalue weighted by Crippen LogP contribution is 2.11. The Kier molecular flexibility index (Phi) is 1.71. The molecule has 0 spiro atoms. The van der Waals surface area contributed by atoms with Gasteiger partial charge in [0.1, 0.15) is 0 Å². The van der Waals surface area contributed by atoms with Crippen LogP contribution in [0.2, 0.25) is 0 Å². The molecule has 1 atom stereocenters. The minimum absolute atomic E-state index is 0.178. The zero-order valence-corrected chi connectivity index (χ0v) is 5.23.